The third-order valence-corrected chi connectivity index (χ3v) is 5.16. The Hall–Kier alpha value is -3.52. The summed E-state index contributed by atoms with van der Waals surface area (Å²) in [5.41, 5.74) is 2.06. The van der Waals surface area contributed by atoms with E-state index in [-0.39, 0.29) is 24.0 Å². The highest BCUT2D eigenvalue weighted by atomic mass is 32.2. The topological polar surface area (TPSA) is 100.0 Å². The number of thioether (sulfide) groups is 1. The zero-order chi connectivity index (χ0) is 21.3. The van der Waals surface area contributed by atoms with E-state index in [1.807, 2.05) is 36.4 Å². The molecule has 1 saturated heterocycles. The van der Waals surface area contributed by atoms with Crippen molar-refractivity contribution in [1.82, 2.24) is 5.32 Å². The van der Waals surface area contributed by atoms with Crippen LogP contribution in [0, 0.1) is 0 Å². The monoisotopic (exact) mass is 420 g/mol. The zero-order valence-corrected chi connectivity index (χ0v) is 17.1. The van der Waals surface area contributed by atoms with Crippen LogP contribution in [-0.2, 0) is 9.59 Å². The molecule has 1 aliphatic rings. The fourth-order valence-electron chi connectivity index (χ4n) is 2.63. The SMILES string of the molecule is CC(=O)c1cccc(NC(=O)CC2S/C(=N/N=C/C=C/c3ccccc3)NC2=O)c1. The van der Waals surface area contributed by atoms with Crippen molar-refractivity contribution in [3.63, 3.8) is 0 Å². The number of amides is 2. The molecule has 0 bridgehead atoms. The number of anilines is 1. The minimum Gasteiger partial charge on any atom is -0.326 e. The van der Waals surface area contributed by atoms with E-state index in [1.165, 1.54) is 13.1 Å². The first kappa shape index (κ1) is 21.2. The molecule has 0 spiro atoms. The van der Waals surface area contributed by atoms with Gasteiger partial charge in [0.2, 0.25) is 11.8 Å². The Labute approximate surface area is 178 Å². The number of Topliss-reactive ketones (excluding diaryl/α,β-unsaturated/α-hetero) is 1. The van der Waals surface area contributed by atoms with Crippen molar-refractivity contribution in [1.29, 1.82) is 0 Å². The number of rotatable bonds is 7. The molecule has 1 unspecified atom stereocenters. The van der Waals surface area contributed by atoms with E-state index < -0.39 is 5.25 Å². The average molecular weight is 420 g/mol. The van der Waals surface area contributed by atoms with Crippen molar-refractivity contribution in [3.05, 3.63) is 71.8 Å². The number of nitrogens with one attached hydrogen (secondary N) is 2. The highest BCUT2D eigenvalue weighted by Gasteiger charge is 2.32. The molecule has 152 valence electrons. The summed E-state index contributed by atoms with van der Waals surface area (Å²) < 4.78 is 0. The van der Waals surface area contributed by atoms with Crippen LogP contribution < -0.4 is 10.6 Å². The number of allylic oxidation sites excluding steroid dienone is 1. The Balaban J connectivity index is 1.51. The van der Waals surface area contributed by atoms with E-state index in [4.69, 9.17) is 0 Å². The molecule has 1 atom stereocenters. The van der Waals surface area contributed by atoms with Crippen LogP contribution in [0.1, 0.15) is 29.3 Å². The second kappa shape index (κ2) is 10.3. The minimum absolute atomic E-state index is 0.0164. The van der Waals surface area contributed by atoms with Gasteiger partial charge < -0.3 is 10.6 Å². The highest BCUT2D eigenvalue weighted by Crippen LogP contribution is 2.23. The molecule has 0 aromatic heterocycles. The third-order valence-electron chi connectivity index (χ3n) is 4.09. The minimum atomic E-state index is -0.588. The molecule has 1 aliphatic heterocycles. The Bertz CT molecular complexity index is 1030. The number of carbonyl (C=O) groups is 3. The van der Waals surface area contributed by atoms with Gasteiger partial charge in [-0.05, 0) is 30.7 Å². The number of hydrogen-bond donors (Lipinski definition) is 2. The molecule has 0 aliphatic carbocycles. The van der Waals surface area contributed by atoms with Crippen molar-refractivity contribution in [2.45, 2.75) is 18.6 Å². The van der Waals surface area contributed by atoms with Gasteiger partial charge in [-0.2, -0.15) is 5.10 Å². The van der Waals surface area contributed by atoms with E-state index >= 15 is 0 Å². The molecular weight excluding hydrogens is 400 g/mol. The molecule has 1 fully saturated rings. The highest BCUT2D eigenvalue weighted by molar-refractivity contribution is 8.15. The summed E-state index contributed by atoms with van der Waals surface area (Å²) in [6.07, 6.45) is 5.14. The molecule has 3 rings (SSSR count). The average Bonchev–Trinajstić information content (AvgIpc) is 3.07. The fourth-order valence-corrected chi connectivity index (χ4v) is 3.55. The normalized spacial score (nSPS) is 17.6. The van der Waals surface area contributed by atoms with Crippen molar-refractivity contribution in [3.8, 4) is 0 Å². The number of ketones is 1. The molecule has 2 N–H and O–H groups in total. The number of hydrogen-bond acceptors (Lipinski definition) is 6. The van der Waals surface area contributed by atoms with Gasteiger partial charge in [0.1, 0.15) is 5.25 Å². The van der Waals surface area contributed by atoms with Gasteiger partial charge in [0.25, 0.3) is 0 Å². The van der Waals surface area contributed by atoms with Crippen molar-refractivity contribution < 1.29 is 14.4 Å². The Kier molecular flexibility index (Phi) is 7.29. The Morgan fingerprint density at radius 3 is 2.73 bits per heavy atom. The van der Waals surface area contributed by atoms with Crippen molar-refractivity contribution in [2.24, 2.45) is 10.2 Å². The van der Waals surface area contributed by atoms with Crippen LogP contribution in [0.15, 0.2) is 70.9 Å². The van der Waals surface area contributed by atoms with E-state index in [0.29, 0.717) is 16.4 Å². The van der Waals surface area contributed by atoms with E-state index in [1.54, 1.807) is 30.3 Å². The van der Waals surface area contributed by atoms with Gasteiger partial charge in [-0.3, -0.25) is 14.4 Å². The molecule has 2 aromatic rings. The molecular formula is C22H20N4O3S. The largest absolute Gasteiger partial charge is 0.326 e. The lowest BCUT2D eigenvalue weighted by Crippen LogP contribution is -2.28. The molecule has 8 heteroatoms. The smallest absolute Gasteiger partial charge is 0.240 e. The van der Waals surface area contributed by atoms with E-state index in [9.17, 15) is 14.4 Å². The van der Waals surface area contributed by atoms with Crippen LogP contribution in [0.2, 0.25) is 0 Å². The molecule has 2 aromatic carbocycles. The lowest BCUT2D eigenvalue weighted by molar-refractivity contribution is -0.122. The van der Waals surface area contributed by atoms with Gasteiger partial charge in [-0.1, -0.05) is 60.3 Å². The van der Waals surface area contributed by atoms with Gasteiger partial charge in [0.05, 0.1) is 0 Å². The number of carbonyl (C=O) groups excluding carboxylic acids is 3. The fraction of sp³-hybridized carbons (Fsp3) is 0.136. The Morgan fingerprint density at radius 2 is 1.97 bits per heavy atom. The zero-order valence-electron chi connectivity index (χ0n) is 16.2. The first-order valence-electron chi connectivity index (χ1n) is 9.22. The lowest BCUT2D eigenvalue weighted by Gasteiger charge is -2.08. The number of amidine groups is 1. The van der Waals surface area contributed by atoms with Gasteiger partial charge >= 0.3 is 0 Å². The quantitative estimate of drug-likeness (QED) is 0.407. The molecule has 0 radical (unpaired) electrons. The van der Waals surface area contributed by atoms with Crippen LogP contribution in [0.25, 0.3) is 6.08 Å². The molecule has 30 heavy (non-hydrogen) atoms. The molecule has 1 heterocycles. The van der Waals surface area contributed by atoms with Crippen molar-refractivity contribution >= 4 is 52.5 Å². The van der Waals surface area contributed by atoms with E-state index in [2.05, 4.69) is 20.8 Å². The van der Waals surface area contributed by atoms with Gasteiger partial charge in [0, 0.05) is 23.9 Å². The summed E-state index contributed by atoms with van der Waals surface area (Å²) in [6.45, 7) is 1.46. The summed E-state index contributed by atoms with van der Waals surface area (Å²) in [4.78, 5) is 35.8. The third kappa shape index (κ3) is 6.25. The summed E-state index contributed by atoms with van der Waals surface area (Å²) in [6, 6.07) is 16.4. The van der Waals surface area contributed by atoms with Crippen LogP contribution >= 0.6 is 11.8 Å². The molecule has 7 nitrogen and oxygen atoms in total. The predicted molar refractivity (Wildman–Crippen MR) is 121 cm³/mol. The van der Waals surface area contributed by atoms with Gasteiger partial charge in [-0.15, -0.1) is 5.10 Å². The van der Waals surface area contributed by atoms with Crippen LogP contribution in [0.3, 0.4) is 0 Å². The standard InChI is InChI=1S/C22H20N4O3S/c1-15(27)17-10-5-11-18(13-17)24-20(28)14-19-21(29)25-22(30-19)26-23-12-6-9-16-7-3-2-4-8-16/h2-13,19H,14H2,1H3,(H,24,28)(H,25,26,29)/b9-6+,23-12+. The first-order chi connectivity index (χ1) is 14.5. The predicted octanol–water partition coefficient (Wildman–Crippen LogP) is 3.50. The maximum atomic E-state index is 12.3. The van der Waals surface area contributed by atoms with Crippen LogP contribution in [0.5, 0.6) is 0 Å². The lowest BCUT2D eigenvalue weighted by atomic mass is 10.1. The van der Waals surface area contributed by atoms with Crippen LogP contribution in [0.4, 0.5) is 5.69 Å². The molecule has 2 amide bonds. The molecule has 0 saturated carbocycles. The maximum absolute atomic E-state index is 12.3. The summed E-state index contributed by atoms with van der Waals surface area (Å²) in [7, 11) is 0. The van der Waals surface area contributed by atoms with Gasteiger partial charge in [-0.25, -0.2) is 0 Å². The number of nitrogens with zero attached hydrogens (tertiary/aromatic N) is 2. The van der Waals surface area contributed by atoms with Gasteiger partial charge in [0.15, 0.2) is 11.0 Å². The maximum Gasteiger partial charge on any atom is 0.240 e. The summed E-state index contributed by atoms with van der Waals surface area (Å²) >= 11 is 1.16. The van der Waals surface area contributed by atoms with E-state index in [0.717, 1.165) is 17.3 Å². The summed E-state index contributed by atoms with van der Waals surface area (Å²) in [5.74, 6) is -0.697. The second-order valence-electron chi connectivity index (χ2n) is 6.42. The summed E-state index contributed by atoms with van der Waals surface area (Å²) in [5, 5.41) is 13.0. The van der Waals surface area contributed by atoms with Crippen molar-refractivity contribution in [2.75, 3.05) is 5.32 Å². The second-order valence-corrected chi connectivity index (χ2v) is 7.62. The number of benzene rings is 2. The first-order valence-corrected chi connectivity index (χ1v) is 10.1. The van der Waals surface area contributed by atoms with Crippen LogP contribution in [-0.4, -0.2) is 34.2 Å². The Morgan fingerprint density at radius 1 is 1.17 bits per heavy atom.